The van der Waals surface area contributed by atoms with Crippen LogP contribution in [0.5, 0.6) is 0 Å². The molecule has 0 unspecified atom stereocenters. The number of anilines is 1. The molecule has 0 saturated heterocycles. The van der Waals surface area contributed by atoms with E-state index in [0.29, 0.717) is 22.3 Å². The van der Waals surface area contributed by atoms with Crippen LogP contribution >= 0.6 is 0 Å². The van der Waals surface area contributed by atoms with Gasteiger partial charge in [0.15, 0.2) is 6.61 Å². The van der Waals surface area contributed by atoms with E-state index in [-0.39, 0.29) is 5.92 Å². The molecule has 156 valence electrons. The number of nitrogens with one attached hydrogen (secondary N) is 1. The van der Waals surface area contributed by atoms with Gasteiger partial charge in [-0.15, -0.1) is 0 Å². The van der Waals surface area contributed by atoms with Crippen LogP contribution in [0, 0.1) is 18.3 Å². The molecule has 0 radical (unpaired) electrons. The van der Waals surface area contributed by atoms with Gasteiger partial charge in [-0.3, -0.25) is 4.79 Å². The summed E-state index contributed by atoms with van der Waals surface area (Å²) in [6, 6.07) is 21.9. The highest BCUT2D eigenvalue weighted by atomic mass is 16.5. The molecule has 0 aromatic heterocycles. The van der Waals surface area contributed by atoms with E-state index in [0.717, 1.165) is 16.8 Å². The van der Waals surface area contributed by atoms with Gasteiger partial charge in [-0.25, -0.2) is 4.79 Å². The Balaban J connectivity index is 1.76. The lowest BCUT2D eigenvalue weighted by molar-refractivity contribution is -0.119. The highest BCUT2D eigenvalue weighted by molar-refractivity contribution is 6.00. The molecule has 3 rings (SSSR count). The maximum absolute atomic E-state index is 12.8. The molecule has 0 atom stereocenters. The number of carbonyl (C=O) groups excluding carboxylic acids is 2. The number of carbonyl (C=O) groups is 2. The minimum absolute atomic E-state index is 0.241. The number of nitriles is 1. The molecule has 0 spiro atoms. The molecular weight excluding hydrogens is 388 g/mol. The van der Waals surface area contributed by atoms with Crippen molar-refractivity contribution < 1.29 is 14.3 Å². The molecular formula is C26H24N2O3. The number of esters is 1. The largest absolute Gasteiger partial charge is 0.452 e. The first-order valence-electron chi connectivity index (χ1n) is 10.1. The van der Waals surface area contributed by atoms with Crippen molar-refractivity contribution in [2.45, 2.75) is 26.7 Å². The monoisotopic (exact) mass is 412 g/mol. The molecule has 0 aliphatic heterocycles. The summed E-state index contributed by atoms with van der Waals surface area (Å²) in [5, 5.41) is 12.3. The van der Waals surface area contributed by atoms with E-state index in [1.54, 1.807) is 48.5 Å². The van der Waals surface area contributed by atoms with Crippen LogP contribution in [0.4, 0.5) is 5.69 Å². The van der Waals surface area contributed by atoms with Gasteiger partial charge in [-0.05, 0) is 41.7 Å². The molecule has 0 saturated carbocycles. The van der Waals surface area contributed by atoms with Crippen LogP contribution in [0.15, 0.2) is 66.7 Å². The predicted molar refractivity (Wildman–Crippen MR) is 121 cm³/mol. The lowest BCUT2D eigenvalue weighted by Gasteiger charge is -2.16. The lowest BCUT2D eigenvalue weighted by atomic mass is 9.96. The smallest absolute Gasteiger partial charge is 0.339 e. The molecule has 0 bridgehead atoms. The van der Waals surface area contributed by atoms with Gasteiger partial charge in [-0.2, -0.15) is 5.26 Å². The number of benzene rings is 3. The van der Waals surface area contributed by atoms with E-state index in [4.69, 9.17) is 4.74 Å². The Bertz CT molecular complexity index is 1160. The Labute approximate surface area is 182 Å². The highest BCUT2D eigenvalue weighted by Crippen LogP contribution is 2.28. The third kappa shape index (κ3) is 4.99. The predicted octanol–water partition coefficient (Wildman–Crippen LogP) is 5.45. The van der Waals surface area contributed by atoms with Crippen molar-refractivity contribution in [3.05, 3.63) is 89.0 Å². The van der Waals surface area contributed by atoms with Crippen LogP contribution in [0.2, 0.25) is 0 Å². The average Bonchev–Trinajstić information content (AvgIpc) is 2.78. The molecule has 0 aliphatic rings. The second kappa shape index (κ2) is 9.73. The standard InChI is InChI=1S/C26H24N2O3/c1-17(2)20-14-8-9-18(3)25(20)28-24(29)16-31-26(30)23-13-7-6-12-22(23)21-11-5-4-10-19(21)15-27/h4-14,17H,16H2,1-3H3,(H,28,29). The molecule has 5 nitrogen and oxygen atoms in total. The van der Waals surface area contributed by atoms with E-state index >= 15 is 0 Å². The zero-order chi connectivity index (χ0) is 22.4. The molecule has 1 amide bonds. The number of hydrogen-bond donors (Lipinski definition) is 1. The third-order valence-corrected chi connectivity index (χ3v) is 5.01. The van der Waals surface area contributed by atoms with Gasteiger partial charge in [0.25, 0.3) is 5.91 Å². The first kappa shape index (κ1) is 21.8. The summed E-state index contributed by atoms with van der Waals surface area (Å²) in [5.41, 5.74) is 4.72. The Morgan fingerprint density at radius 1 is 0.968 bits per heavy atom. The molecule has 3 aromatic carbocycles. The normalized spacial score (nSPS) is 10.4. The fourth-order valence-electron chi connectivity index (χ4n) is 3.44. The van der Waals surface area contributed by atoms with Crippen LogP contribution in [-0.2, 0) is 9.53 Å². The van der Waals surface area contributed by atoms with Crippen molar-refractivity contribution in [3.63, 3.8) is 0 Å². The second-order valence-corrected chi connectivity index (χ2v) is 7.52. The number of rotatable bonds is 6. The van der Waals surface area contributed by atoms with Gasteiger partial charge >= 0.3 is 5.97 Å². The van der Waals surface area contributed by atoms with Gasteiger partial charge in [0, 0.05) is 11.3 Å². The minimum Gasteiger partial charge on any atom is -0.452 e. The van der Waals surface area contributed by atoms with Crippen molar-refractivity contribution in [1.29, 1.82) is 5.26 Å². The quantitative estimate of drug-likeness (QED) is 0.546. The van der Waals surface area contributed by atoms with E-state index in [2.05, 4.69) is 25.2 Å². The average molecular weight is 412 g/mol. The minimum atomic E-state index is -0.618. The van der Waals surface area contributed by atoms with E-state index in [9.17, 15) is 14.9 Å². The van der Waals surface area contributed by atoms with Crippen LogP contribution in [0.3, 0.4) is 0 Å². The molecule has 1 N–H and O–H groups in total. The van der Waals surface area contributed by atoms with Crippen molar-refractivity contribution >= 4 is 17.6 Å². The van der Waals surface area contributed by atoms with Crippen molar-refractivity contribution in [3.8, 4) is 17.2 Å². The maximum atomic E-state index is 12.8. The first-order valence-corrected chi connectivity index (χ1v) is 10.1. The molecule has 31 heavy (non-hydrogen) atoms. The Kier molecular flexibility index (Phi) is 6.84. The molecule has 0 heterocycles. The number of para-hydroxylation sites is 1. The summed E-state index contributed by atoms with van der Waals surface area (Å²) in [6.07, 6.45) is 0. The molecule has 0 aliphatic carbocycles. The molecule has 3 aromatic rings. The van der Waals surface area contributed by atoms with E-state index < -0.39 is 18.5 Å². The van der Waals surface area contributed by atoms with E-state index in [1.165, 1.54) is 0 Å². The third-order valence-electron chi connectivity index (χ3n) is 5.01. The Morgan fingerprint density at radius 2 is 1.65 bits per heavy atom. The summed E-state index contributed by atoms with van der Waals surface area (Å²) < 4.78 is 5.30. The Morgan fingerprint density at radius 3 is 2.35 bits per heavy atom. The van der Waals surface area contributed by atoms with Gasteiger partial charge in [0.2, 0.25) is 0 Å². The SMILES string of the molecule is Cc1cccc(C(C)C)c1NC(=O)COC(=O)c1ccccc1-c1ccccc1C#N. The van der Waals surface area contributed by atoms with Crippen LogP contribution in [0.1, 0.15) is 46.8 Å². The topological polar surface area (TPSA) is 79.2 Å². The number of ether oxygens (including phenoxy) is 1. The van der Waals surface area contributed by atoms with Gasteiger partial charge in [0.05, 0.1) is 17.2 Å². The van der Waals surface area contributed by atoms with Gasteiger partial charge < -0.3 is 10.1 Å². The summed E-state index contributed by atoms with van der Waals surface area (Å²) in [5.74, 6) is -0.781. The van der Waals surface area contributed by atoms with Crippen LogP contribution < -0.4 is 5.32 Å². The first-order chi connectivity index (χ1) is 14.9. The summed E-state index contributed by atoms with van der Waals surface area (Å²) in [7, 11) is 0. The van der Waals surface area contributed by atoms with Gasteiger partial charge in [-0.1, -0.05) is 68.4 Å². The Hall–Kier alpha value is -3.91. The zero-order valence-corrected chi connectivity index (χ0v) is 17.8. The van der Waals surface area contributed by atoms with Crippen molar-refractivity contribution in [2.24, 2.45) is 0 Å². The van der Waals surface area contributed by atoms with Crippen LogP contribution in [-0.4, -0.2) is 18.5 Å². The molecule has 0 fully saturated rings. The number of hydrogen-bond acceptors (Lipinski definition) is 4. The van der Waals surface area contributed by atoms with Gasteiger partial charge in [0.1, 0.15) is 0 Å². The van der Waals surface area contributed by atoms with E-state index in [1.807, 2.05) is 25.1 Å². The van der Waals surface area contributed by atoms with Crippen molar-refractivity contribution in [1.82, 2.24) is 0 Å². The number of aryl methyl sites for hydroxylation is 1. The lowest BCUT2D eigenvalue weighted by Crippen LogP contribution is -2.22. The number of amides is 1. The number of nitrogens with zero attached hydrogens (tertiary/aromatic N) is 1. The molecule has 5 heteroatoms. The van der Waals surface area contributed by atoms with Crippen molar-refractivity contribution in [2.75, 3.05) is 11.9 Å². The highest BCUT2D eigenvalue weighted by Gasteiger charge is 2.18. The maximum Gasteiger partial charge on any atom is 0.339 e. The fourth-order valence-corrected chi connectivity index (χ4v) is 3.44. The zero-order valence-electron chi connectivity index (χ0n) is 17.8. The summed E-state index contributed by atoms with van der Waals surface area (Å²) in [4.78, 5) is 25.3. The summed E-state index contributed by atoms with van der Waals surface area (Å²) >= 11 is 0. The fraction of sp³-hybridized carbons (Fsp3) is 0.192. The second-order valence-electron chi connectivity index (χ2n) is 7.52. The van der Waals surface area contributed by atoms with Crippen LogP contribution in [0.25, 0.3) is 11.1 Å². The summed E-state index contributed by atoms with van der Waals surface area (Å²) in [6.45, 7) is 5.64.